The summed E-state index contributed by atoms with van der Waals surface area (Å²) in [5.74, 6) is -1.16. The zero-order valence-corrected chi connectivity index (χ0v) is 11.3. The van der Waals surface area contributed by atoms with Gasteiger partial charge in [-0.15, -0.1) is 0 Å². The monoisotopic (exact) mass is 277 g/mol. The Labute approximate surface area is 117 Å². The SMILES string of the molecule is CC(CN)c1ccc(COc2ccc(F)c(F)c2)cc1. The van der Waals surface area contributed by atoms with E-state index in [1.165, 1.54) is 11.6 Å². The van der Waals surface area contributed by atoms with Crippen LogP contribution in [0.4, 0.5) is 8.78 Å². The number of nitrogens with two attached hydrogens (primary N) is 1. The molecule has 0 aliphatic carbocycles. The van der Waals surface area contributed by atoms with E-state index in [1.54, 1.807) is 0 Å². The number of halogens is 2. The fraction of sp³-hybridized carbons (Fsp3) is 0.250. The highest BCUT2D eigenvalue weighted by atomic mass is 19.2. The van der Waals surface area contributed by atoms with Crippen LogP contribution in [0.5, 0.6) is 5.75 Å². The van der Waals surface area contributed by atoms with Gasteiger partial charge in [-0.05, 0) is 35.7 Å². The van der Waals surface area contributed by atoms with Gasteiger partial charge in [0.15, 0.2) is 11.6 Å². The summed E-state index contributed by atoms with van der Waals surface area (Å²) < 4.78 is 31.2. The minimum Gasteiger partial charge on any atom is -0.489 e. The van der Waals surface area contributed by atoms with E-state index >= 15 is 0 Å². The molecule has 0 spiro atoms. The predicted octanol–water partition coefficient (Wildman–Crippen LogP) is 3.61. The molecule has 20 heavy (non-hydrogen) atoms. The predicted molar refractivity (Wildman–Crippen MR) is 74.6 cm³/mol. The van der Waals surface area contributed by atoms with Crippen molar-refractivity contribution in [1.29, 1.82) is 0 Å². The zero-order valence-electron chi connectivity index (χ0n) is 11.3. The molecule has 0 amide bonds. The van der Waals surface area contributed by atoms with Crippen molar-refractivity contribution in [2.24, 2.45) is 5.73 Å². The van der Waals surface area contributed by atoms with E-state index in [2.05, 4.69) is 6.92 Å². The first-order valence-electron chi connectivity index (χ1n) is 6.47. The van der Waals surface area contributed by atoms with Gasteiger partial charge >= 0.3 is 0 Å². The van der Waals surface area contributed by atoms with Crippen LogP contribution in [0.2, 0.25) is 0 Å². The summed E-state index contributed by atoms with van der Waals surface area (Å²) in [5, 5.41) is 0. The Kier molecular flexibility index (Phi) is 4.69. The molecule has 2 aromatic rings. The highest BCUT2D eigenvalue weighted by Gasteiger charge is 2.05. The molecule has 2 rings (SSSR count). The maximum Gasteiger partial charge on any atom is 0.162 e. The van der Waals surface area contributed by atoms with Crippen LogP contribution in [0.15, 0.2) is 42.5 Å². The van der Waals surface area contributed by atoms with Gasteiger partial charge in [0, 0.05) is 6.07 Å². The number of benzene rings is 2. The molecule has 0 bridgehead atoms. The summed E-state index contributed by atoms with van der Waals surface area (Å²) in [6.07, 6.45) is 0. The van der Waals surface area contributed by atoms with Crippen LogP contribution in [-0.2, 0) is 6.61 Å². The molecule has 0 aromatic heterocycles. The van der Waals surface area contributed by atoms with Crippen LogP contribution < -0.4 is 10.5 Å². The molecule has 0 radical (unpaired) electrons. The third kappa shape index (κ3) is 3.54. The summed E-state index contributed by atoms with van der Waals surface area (Å²) >= 11 is 0. The molecule has 0 heterocycles. The van der Waals surface area contributed by atoms with Gasteiger partial charge in [-0.2, -0.15) is 0 Å². The van der Waals surface area contributed by atoms with Crippen LogP contribution in [0, 0.1) is 11.6 Å². The molecule has 1 unspecified atom stereocenters. The molecule has 0 fully saturated rings. The Morgan fingerprint density at radius 3 is 2.35 bits per heavy atom. The van der Waals surface area contributed by atoms with E-state index in [9.17, 15) is 8.78 Å². The topological polar surface area (TPSA) is 35.2 Å². The summed E-state index contributed by atoms with van der Waals surface area (Å²) in [5.41, 5.74) is 7.74. The lowest BCUT2D eigenvalue weighted by Gasteiger charge is -2.10. The fourth-order valence-electron chi connectivity index (χ4n) is 1.81. The fourth-order valence-corrected chi connectivity index (χ4v) is 1.81. The molecular formula is C16H17F2NO. The van der Waals surface area contributed by atoms with Crippen LogP contribution in [-0.4, -0.2) is 6.54 Å². The standard InChI is InChI=1S/C16H17F2NO/c1-11(9-19)13-4-2-12(3-5-13)10-20-14-6-7-15(17)16(18)8-14/h2-8,11H,9-10,19H2,1H3. The van der Waals surface area contributed by atoms with Crippen molar-refractivity contribution in [2.75, 3.05) is 6.54 Å². The lowest BCUT2D eigenvalue weighted by Crippen LogP contribution is -2.08. The van der Waals surface area contributed by atoms with Gasteiger partial charge in [0.1, 0.15) is 12.4 Å². The normalized spacial score (nSPS) is 12.2. The first kappa shape index (κ1) is 14.5. The van der Waals surface area contributed by atoms with Gasteiger partial charge in [-0.25, -0.2) is 8.78 Å². The largest absolute Gasteiger partial charge is 0.489 e. The molecule has 0 aliphatic heterocycles. The third-order valence-electron chi connectivity index (χ3n) is 3.20. The van der Waals surface area contributed by atoms with Crippen molar-refractivity contribution < 1.29 is 13.5 Å². The highest BCUT2D eigenvalue weighted by Crippen LogP contribution is 2.18. The maximum atomic E-state index is 13.0. The highest BCUT2D eigenvalue weighted by molar-refractivity contribution is 5.27. The first-order valence-corrected chi connectivity index (χ1v) is 6.47. The Morgan fingerprint density at radius 2 is 1.75 bits per heavy atom. The van der Waals surface area contributed by atoms with Crippen LogP contribution in [0.1, 0.15) is 24.0 Å². The summed E-state index contributed by atoms with van der Waals surface area (Å²) in [6, 6.07) is 11.4. The molecule has 1 atom stereocenters. The van der Waals surface area contributed by atoms with Crippen molar-refractivity contribution in [1.82, 2.24) is 0 Å². The Bertz CT molecular complexity index is 569. The van der Waals surface area contributed by atoms with Crippen LogP contribution in [0.3, 0.4) is 0 Å². The van der Waals surface area contributed by atoms with E-state index in [1.807, 2.05) is 24.3 Å². The van der Waals surface area contributed by atoms with Crippen molar-refractivity contribution in [3.63, 3.8) is 0 Å². The molecular weight excluding hydrogens is 260 g/mol. The third-order valence-corrected chi connectivity index (χ3v) is 3.20. The minimum atomic E-state index is -0.908. The molecule has 0 saturated heterocycles. The van der Waals surface area contributed by atoms with Crippen molar-refractivity contribution >= 4 is 0 Å². The average Bonchev–Trinajstić information content (AvgIpc) is 2.48. The van der Waals surface area contributed by atoms with Gasteiger partial charge in [0.05, 0.1) is 0 Å². The van der Waals surface area contributed by atoms with Gasteiger partial charge < -0.3 is 10.5 Å². The van der Waals surface area contributed by atoms with E-state index < -0.39 is 11.6 Å². The number of hydrogen-bond acceptors (Lipinski definition) is 2. The van der Waals surface area contributed by atoms with Gasteiger partial charge in [-0.1, -0.05) is 31.2 Å². The molecule has 2 aromatic carbocycles. The molecule has 0 aliphatic rings. The smallest absolute Gasteiger partial charge is 0.162 e. The Morgan fingerprint density at radius 1 is 1.05 bits per heavy atom. The number of hydrogen-bond donors (Lipinski definition) is 1. The summed E-state index contributed by atoms with van der Waals surface area (Å²) in [6.45, 7) is 2.97. The Balaban J connectivity index is 1.98. The van der Waals surface area contributed by atoms with E-state index in [0.29, 0.717) is 24.8 Å². The van der Waals surface area contributed by atoms with Crippen LogP contribution >= 0.6 is 0 Å². The first-order chi connectivity index (χ1) is 9.60. The minimum absolute atomic E-state index is 0.308. The second-order valence-electron chi connectivity index (χ2n) is 4.74. The van der Waals surface area contributed by atoms with Crippen LogP contribution in [0.25, 0.3) is 0 Å². The van der Waals surface area contributed by atoms with Crippen molar-refractivity contribution in [2.45, 2.75) is 19.4 Å². The number of rotatable bonds is 5. The molecule has 2 nitrogen and oxygen atoms in total. The average molecular weight is 277 g/mol. The quantitative estimate of drug-likeness (QED) is 0.906. The van der Waals surface area contributed by atoms with Gasteiger partial charge in [0.2, 0.25) is 0 Å². The zero-order chi connectivity index (χ0) is 14.5. The lowest BCUT2D eigenvalue weighted by atomic mass is 10.0. The second-order valence-corrected chi connectivity index (χ2v) is 4.74. The summed E-state index contributed by atoms with van der Waals surface area (Å²) in [7, 11) is 0. The summed E-state index contributed by atoms with van der Waals surface area (Å²) in [4.78, 5) is 0. The molecule has 0 saturated carbocycles. The van der Waals surface area contributed by atoms with Crippen molar-refractivity contribution in [3.05, 3.63) is 65.2 Å². The Hall–Kier alpha value is -1.94. The van der Waals surface area contributed by atoms with E-state index in [0.717, 1.165) is 17.7 Å². The molecule has 2 N–H and O–H groups in total. The lowest BCUT2D eigenvalue weighted by molar-refractivity contribution is 0.303. The number of ether oxygens (including phenoxy) is 1. The van der Waals surface area contributed by atoms with Gasteiger partial charge in [-0.3, -0.25) is 0 Å². The van der Waals surface area contributed by atoms with E-state index in [4.69, 9.17) is 10.5 Å². The maximum absolute atomic E-state index is 13.0. The van der Waals surface area contributed by atoms with E-state index in [-0.39, 0.29) is 0 Å². The van der Waals surface area contributed by atoms with Gasteiger partial charge in [0.25, 0.3) is 0 Å². The molecule has 4 heteroatoms. The second kappa shape index (κ2) is 6.48. The van der Waals surface area contributed by atoms with Crippen molar-refractivity contribution in [3.8, 4) is 5.75 Å². The molecule has 106 valence electrons.